The van der Waals surface area contributed by atoms with Gasteiger partial charge in [-0.15, -0.1) is 0 Å². The topological polar surface area (TPSA) is 60.4 Å². The van der Waals surface area contributed by atoms with Crippen LogP contribution in [0.25, 0.3) is 0 Å². The maximum absolute atomic E-state index is 12.2. The maximum atomic E-state index is 12.2. The molecule has 110 valence electrons. The normalized spacial score (nSPS) is 12.8. The van der Waals surface area contributed by atoms with Crippen molar-refractivity contribution in [2.75, 3.05) is 12.4 Å². The fourth-order valence-corrected chi connectivity index (χ4v) is 4.33. The van der Waals surface area contributed by atoms with Gasteiger partial charge in [-0.2, -0.15) is 0 Å². The highest BCUT2D eigenvalue weighted by molar-refractivity contribution is 14.1. The van der Waals surface area contributed by atoms with Crippen molar-refractivity contribution in [3.05, 3.63) is 42.0 Å². The number of benzene rings is 1. The molecule has 0 fully saturated rings. The Kier molecular flexibility index (Phi) is 6.19. The summed E-state index contributed by atoms with van der Waals surface area (Å²) in [6.07, 6.45) is 0. The molecular weight excluding hydrogens is 391 g/mol. The number of carbonyl (C=O) groups excluding carboxylic acids is 1. The second-order valence-corrected chi connectivity index (χ2v) is 8.37. The van der Waals surface area contributed by atoms with Gasteiger partial charge in [-0.1, -0.05) is 46.9 Å². The van der Waals surface area contributed by atoms with Crippen molar-refractivity contribution in [2.45, 2.75) is 22.7 Å². The molecule has 6 heteroatoms. The van der Waals surface area contributed by atoms with Crippen LogP contribution in [-0.4, -0.2) is 30.7 Å². The van der Waals surface area contributed by atoms with E-state index < -0.39 is 15.8 Å². The molecule has 1 aromatic carbocycles. The van der Waals surface area contributed by atoms with E-state index in [0.29, 0.717) is 5.57 Å². The number of hydrogen-bond donors (Lipinski definition) is 0. The van der Waals surface area contributed by atoms with Crippen LogP contribution in [-0.2, 0) is 19.4 Å². The SMILES string of the molecule is C=C(C)C(=O)OCC(I)CS(=O)(=O)c1ccc(C)cc1. The van der Waals surface area contributed by atoms with E-state index in [1.54, 1.807) is 31.2 Å². The Balaban J connectivity index is 2.64. The minimum atomic E-state index is -3.37. The fourth-order valence-electron chi connectivity index (χ4n) is 1.42. The lowest BCUT2D eigenvalue weighted by Crippen LogP contribution is -2.22. The molecule has 0 saturated carbocycles. The highest BCUT2D eigenvalue weighted by atomic mass is 127. The van der Waals surface area contributed by atoms with E-state index in [1.807, 2.05) is 29.5 Å². The summed E-state index contributed by atoms with van der Waals surface area (Å²) < 4.78 is 29.0. The lowest BCUT2D eigenvalue weighted by Gasteiger charge is -2.11. The molecule has 0 spiro atoms. The van der Waals surface area contributed by atoms with Gasteiger partial charge >= 0.3 is 5.97 Å². The zero-order valence-corrected chi connectivity index (χ0v) is 14.4. The van der Waals surface area contributed by atoms with Gasteiger partial charge in [-0.3, -0.25) is 0 Å². The maximum Gasteiger partial charge on any atom is 0.333 e. The zero-order chi connectivity index (χ0) is 15.3. The number of aryl methyl sites for hydroxylation is 1. The lowest BCUT2D eigenvalue weighted by atomic mass is 10.2. The zero-order valence-electron chi connectivity index (χ0n) is 11.4. The Morgan fingerprint density at radius 1 is 1.35 bits per heavy atom. The summed E-state index contributed by atoms with van der Waals surface area (Å²) in [5.74, 6) is -0.570. The summed E-state index contributed by atoms with van der Waals surface area (Å²) in [4.78, 5) is 11.5. The van der Waals surface area contributed by atoms with E-state index in [9.17, 15) is 13.2 Å². The third-order valence-corrected chi connectivity index (χ3v) is 5.75. The molecule has 0 N–H and O–H groups in total. The summed E-state index contributed by atoms with van der Waals surface area (Å²) >= 11 is 1.97. The van der Waals surface area contributed by atoms with Crippen molar-refractivity contribution in [2.24, 2.45) is 0 Å². The third kappa shape index (κ3) is 5.24. The Hall–Kier alpha value is -0.890. The second-order valence-electron chi connectivity index (χ2n) is 4.57. The molecule has 1 rings (SSSR count). The number of hydrogen-bond acceptors (Lipinski definition) is 4. The average molecular weight is 408 g/mol. The van der Waals surface area contributed by atoms with E-state index in [0.717, 1.165) is 5.56 Å². The van der Waals surface area contributed by atoms with Crippen molar-refractivity contribution >= 4 is 38.4 Å². The van der Waals surface area contributed by atoms with Crippen LogP contribution >= 0.6 is 22.6 Å². The minimum absolute atomic E-state index is 0.0529. The molecule has 0 aromatic heterocycles. The standard InChI is InChI=1S/C14H17IO4S/c1-10(2)14(16)19-8-12(15)9-20(17,18)13-6-4-11(3)5-7-13/h4-7,12H,1,8-9H2,2-3H3. The predicted octanol–water partition coefficient (Wildman–Crippen LogP) is 2.69. The van der Waals surface area contributed by atoms with Crippen LogP contribution in [0.15, 0.2) is 41.3 Å². The summed E-state index contributed by atoms with van der Waals surface area (Å²) in [5.41, 5.74) is 1.31. The molecule has 0 radical (unpaired) electrons. The number of esters is 1. The van der Waals surface area contributed by atoms with Gasteiger partial charge in [0.15, 0.2) is 9.84 Å². The van der Waals surface area contributed by atoms with Crippen LogP contribution in [0.4, 0.5) is 0 Å². The molecule has 1 atom stereocenters. The molecule has 0 saturated heterocycles. The molecule has 0 aliphatic heterocycles. The van der Waals surface area contributed by atoms with E-state index in [4.69, 9.17) is 4.74 Å². The summed E-state index contributed by atoms with van der Waals surface area (Å²) in [7, 11) is -3.37. The number of rotatable bonds is 6. The molecule has 4 nitrogen and oxygen atoms in total. The second kappa shape index (κ2) is 7.21. The van der Waals surface area contributed by atoms with Crippen molar-refractivity contribution in [1.29, 1.82) is 0 Å². The molecular formula is C14H17IO4S. The van der Waals surface area contributed by atoms with Crippen LogP contribution in [0.1, 0.15) is 12.5 Å². The van der Waals surface area contributed by atoms with Gasteiger partial charge in [-0.05, 0) is 26.0 Å². The van der Waals surface area contributed by atoms with E-state index in [-0.39, 0.29) is 21.2 Å². The van der Waals surface area contributed by atoms with E-state index in [1.165, 1.54) is 0 Å². The van der Waals surface area contributed by atoms with Gasteiger partial charge in [0, 0.05) is 5.57 Å². The number of alkyl halides is 1. The quantitative estimate of drug-likeness (QED) is 0.314. The summed E-state index contributed by atoms with van der Waals surface area (Å²) in [6, 6.07) is 6.70. The first-order chi connectivity index (χ1) is 9.22. The Morgan fingerprint density at radius 3 is 2.40 bits per heavy atom. The van der Waals surface area contributed by atoms with Crippen LogP contribution in [0.3, 0.4) is 0 Å². The third-order valence-electron chi connectivity index (χ3n) is 2.52. The van der Waals surface area contributed by atoms with Gasteiger partial charge in [-0.25, -0.2) is 13.2 Å². The molecule has 0 bridgehead atoms. The first kappa shape index (κ1) is 17.2. The molecule has 1 unspecified atom stereocenters. The Labute approximate surface area is 133 Å². The van der Waals surface area contributed by atoms with Crippen LogP contribution in [0.2, 0.25) is 0 Å². The van der Waals surface area contributed by atoms with Crippen LogP contribution < -0.4 is 0 Å². The number of carbonyl (C=O) groups is 1. The largest absolute Gasteiger partial charge is 0.461 e. The van der Waals surface area contributed by atoms with Crippen LogP contribution in [0.5, 0.6) is 0 Å². The fraction of sp³-hybridized carbons (Fsp3) is 0.357. The predicted molar refractivity (Wildman–Crippen MR) is 86.8 cm³/mol. The number of ether oxygens (including phenoxy) is 1. The van der Waals surface area contributed by atoms with Gasteiger partial charge in [0.05, 0.1) is 14.6 Å². The van der Waals surface area contributed by atoms with E-state index >= 15 is 0 Å². The van der Waals surface area contributed by atoms with Gasteiger partial charge in [0.2, 0.25) is 0 Å². The summed E-state index contributed by atoms with van der Waals surface area (Å²) in [6.45, 7) is 6.97. The van der Waals surface area contributed by atoms with Gasteiger partial charge < -0.3 is 4.74 Å². The van der Waals surface area contributed by atoms with Crippen molar-refractivity contribution in [3.63, 3.8) is 0 Å². The molecule has 0 aliphatic rings. The van der Waals surface area contributed by atoms with Gasteiger partial charge in [0.25, 0.3) is 0 Å². The Bertz CT molecular complexity index is 590. The molecule has 0 heterocycles. The number of sulfone groups is 1. The van der Waals surface area contributed by atoms with Crippen molar-refractivity contribution in [3.8, 4) is 0 Å². The minimum Gasteiger partial charge on any atom is -0.461 e. The monoisotopic (exact) mass is 408 g/mol. The highest BCUT2D eigenvalue weighted by Crippen LogP contribution is 2.16. The average Bonchev–Trinajstić information content (AvgIpc) is 2.35. The molecule has 0 amide bonds. The van der Waals surface area contributed by atoms with Crippen molar-refractivity contribution in [1.82, 2.24) is 0 Å². The first-order valence-corrected chi connectivity index (χ1v) is 8.88. The molecule has 0 aliphatic carbocycles. The smallest absolute Gasteiger partial charge is 0.333 e. The summed E-state index contributed by atoms with van der Waals surface area (Å²) in [5, 5.41) is 0. The molecule has 1 aromatic rings. The molecule has 20 heavy (non-hydrogen) atoms. The first-order valence-electron chi connectivity index (χ1n) is 5.98. The highest BCUT2D eigenvalue weighted by Gasteiger charge is 2.20. The van der Waals surface area contributed by atoms with Crippen LogP contribution in [0, 0.1) is 6.92 Å². The van der Waals surface area contributed by atoms with E-state index in [2.05, 4.69) is 6.58 Å². The van der Waals surface area contributed by atoms with Gasteiger partial charge in [0.1, 0.15) is 6.61 Å². The van der Waals surface area contributed by atoms with Crippen molar-refractivity contribution < 1.29 is 17.9 Å². The lowest BCUT2D eigenvalue weighted by molar-refractivity contribution is -0.138. The Morgan fingerprint density at radius 2 is 1.90 bits per heavy atom. The number of halogens is 1.